The van der Waals surface area contributed by atoms with Gasteiger partial charge in [-0.2, -0.15) is 0 Å². The van der Waals surface area contributed by atoms with Crippen molar-refractivity contribution in [2.45, 2.75) is 19.3 Å². The molecule has 60 heavy (non-hydrogen) atoms. The van der Waals surface area contributed by atoms with Crippen molar-refractivity contribution < 1.29 is 0 Å². The predicted octanol–water partition coefficient (Wildman–Crippen LogP) is 16.6. The average molecular weight is 764 g/mol. The zero-order valence-electron chi connectivity index (χ0n) is 33.7. The highest BCUT2D eigenvalue weighted by Crippen LogP contribution is 2.52. The molecule has 0 amide bonds. The smallest absolute Gasteiger partial charge is 0.0540 e. The monoisotopic (exact) mass is 763 g/mol. The Kier molecular flexibility index (Phi) is 7.65. The Hall–Kier alpha value is -7.48. The Labute approximate surface area is 350 Å². The highest BCUT2D eigenvalue weighted by Gasteiger charge is 2.35. The van der Waals surface area contributed by atoms with Crippen LogP contribution in [0.25, 0.3) is 87.2 Å². The van der Waals surface area contributed by atoms with Gasteiger partial charge in [-0.1, -0.05) is 184 Å². The van der Waals surface area contributed by atoms with Crippen molar-refractivity contribution in [3.63, 3.8) is 0 Å². The van der Waals surface area contributed by atoms with Crippen LogP contribution in [-0.2, 0) is 5.41 Å². The maximum Gasteiger partial charge on any atom is 0.0540 e. The van der Waals surface area contributed by atoms with Gasteiger partial charge in [-0.05, 0) is 130 Å². The summed E-state index contributed by atoms with van der Waals surface area (Å²) in [5.74, 6) is 0. The average Bonchev–Trinajstić information content (AvgIpc) is 3.53. The van der Waals surface area contributed by atoms with Gasteiger partial charge in [0.15, 0.2) is 0 Å². The lowest BCUT2D eigenvalue weighted by Crippen LogP contribution is -2.14. The third-order valence-electron chi connectivity index (χ3n) is 13.2. The van der Waals surface area contributed by atoms with E-state index in [1.807, 2.05) is 0 Å². The first-order valence-electron chi connectivity index (χ1n) is 21.0. The molecule has 0 unspecified atom stereocenters. The lowest BCUT2D eigenvalue weighted by molar-refractivity contribution is 0.660. The maximum absolute atomic E-state index is 2.48. The van der Waals surface area contributed by atoms with Crippen molar-refractivity contribution >= 4 is 70.9 Å². The number of fused-ring (bicyclic) bond motifs is 8. The summed E-state index contributed by atoms with van der Waals surface area (Å²) in [5, 5.41) is 12.4. The zero-order chi connectivity index (χ0) is 40.0. The third-order valence-corrected chi connectivity index (χ3v) is 13.2. The second kappa shape index (κ2) is 13.3. The molecule has 1 heteroatoms. The minimum atomic E-state index is -0.0894. The molecule has 0 aliphatic heterocycles. The van der Waals surface area contributed by atoms with Crippen LogP contribution in [-0.4, -0.2) is 0 Å². The molecule has 0 atom stereocenters. The first-order chi connectivity index (χ1) is 29.5. The predicted molar refractivity (Wildman–Crippen MR) is 257 cm³/mol. The Bertz CT molecular complexity index is 3430. The summed E-state index contributed by atoms with van der Waals surface area (Å²) in [7, 11) is 0. The van der Waals surface area contributed by atoms with Gasteiger partial charge in [-0.25, -0.2) is 0 Å². The quantitative estimate of drug-likeness (QED) is 0.158. The summed E-state index contributed by atoms with van der Waals surface area (Å²) < 4.78 is 0. The number of nitrogens with zero attached hydrogens (tertiary/aromatic N) is 1. The molecule has 11 aromatic rings. The highest BCUT2D eigenvalue weighted by atomic mass is 15.1. The van der Waals surface area contributed by atoms with E-state index in [2.05, 4.69) is 231 Å². The Balaban J connectivity index is 1.09. The van der Waals surface area contributed by atoms with Gasteiger partial charge in [0.05, 0.1) is 11.4 Å². The van der Waals surface area contributed by atoms with Crippen LogP contribution in [0.1, 0.15) is 25.0 Å². The molecule has 1 aliphatic rings. The van der Waals surface area contributed by atoms with E-state index in [-0.39, 0.29) is 5.41 Å². The van der Waals surface area contributed by atoms with E-state index in [0.29, 0.717) is 0 Å². The van der Waals surface area contributed by atoms with Crippen molar-refractivity contribution in [3.8, 4) is 33.4 Å². The van der Waals surface area contributed by atoms with Gasteiger partial charge in [0, 0.05) is 21.9 Å². The van der Waals surface area contributed by atoms with Crippen molar-refractivity contribution in [2.24, 2.45) is 0 Å². The molecule has 282 valence electrons. The molecule has 0 heterocycles. The van der Waals surface area contributed by atoms with Gasteiger partial charge in [-0.3, -0.25) is 0 Å². The molecule has 12 rings (SSSR count). The molecule has 1 aliphatic carbocycles. The summed E-state index contributed by atoms with van der Waals surface area (Å²) in [6, 6.07) is 78.8. The molecule has 11 aromatic carbocycles. The zero-order valence-corrected chi connectivity index (χ0v) is 33.7. The second-order valence-electron chi connectivity index (χ2n) is 16.9. The summed E-state index contributed by atoms with van der Waals surface area (Å²) in [6.07, 6.45) is 0. The fourth-order valence-corrected chi connectivity index (χ4v) is 10.3. The van der Waals surface area contributed by atoms with Gasteiger partial charge in [0.2, 0.25) is 0 Å². The van der Waals surface area contributed by atoms with Crippen LogP contribution in [0.4, 0.5) is 17.1 Å². The fraction of sp³-hybridized carbons (Fsp3) is 0.0508. The van der Waals surface area contributed by atoms with E-state index in [4.69, 9.17) is 0 Å². The highest BCUT2D eigenvalue weighted by molar-refractivity contribution is 6.24. The van der Waals surface area contributed by atoms with Gasteiger partial charge in [0.25, 0.3) is 0 Å². The molecule has 0 bridgehead atoms. The standard InChI is InChI=1S/C59H41N/c1-59(2)53-26-12-11-23-47(53)48-34-31-43(37-54(48)59)58-50-25-10-9-24-49(50)57(51-35-41-17-3-4-18-42(41)36-52(51)58)40-29-32-44(33-30-40)60(55-27-13-19-38-15-5-7-21-45(38)55)56-28-14-20-39-16-6-8-22-46(39)56/h3-37H,1-2H3. The topological polar surface area (TPSA) is 3.24 Å². The number of benzene rings is 11. The Morgan fingerprint density at radius 1 is 0.317 bits per heavy atom. The van der Waals surface area contributed by atoms with Crippen molar-refractivity contribution in [3.05, 3.63) is 223 Å². The van der Waals surface area contributed by atoms with Crippen molar-refractivity contribution in [2.75, 3.05) is 4.90 Å². The minimum absolute atomic E-state index is 0.0894. The second-order valence-corrected chi connectivity index (χ2v) is 16.9. The summed E-state index contributed by atoms with van der Waals surface area (Å²) >= 11 is 0. The van der Waals surface area contributed by atoms with E-state index < -0.39 is 0 Å². The van der Waals surface area contributed by atoms with E-state index in [1.54, 1.807) is 0 Å². The van der Waals surface area contributed by atoms with Crippen molar-refractivity contribution in [1.29, 1.82) is 0 Å². The van der Waals surface area contributed by atoms with Crippen LogP contribution in [0, 0.1) is 0 Å². The number of rotatable bonds is 5. The molecule has 0 fully saturated rings. The van der Waals surface area contributed by atoms with Gasteiger partial charge in [-0.15, -0.1) is 0 Å². The largest absolute Gasteiger partial charge is 0.309 e. The molecular formula is C59H41N. The molecule has 1 nitrogen and oxygen atoms in total. The van der Waals surface area contributed by atoms with Crippen LogP contribution in [0.15, 0.2) is 212 Å². The third kappa shape index (κ3) is 5.19. The number of anilines is 3. The normalized spacial score (nSPS) is 13.0. The Morgan fingerprint density at radius 2 is 0.767 bits per heavy atom. The van der Waals surface area contributed by atoms with Gasteiger partial charge < -0.3 is 4.90 Å². The molecule has 0 radical (unpaired) electrons. The fourth-order valence-electron chi connectivity index (χ4n) is 10.3. The van der Waals surface area contributed by atoms with E-state index in [9.17, 15) is 0 Å². The van der Waals surface area contributed by atoms with Crippen LogP contribution in [0.3, 0.4) is 0 Å². The van der Waals surface area contributed by atoms with E-state index in [1.165, 1.54) is 98.4 Å². The molecule has 0 aromatic heterocycles. The molecular weight excluding hydrogens is 723 g/mol. The van der Waals surface area contributed by atoms with Crippen LogP contribution >= 0.6 is 0 Å². The number of hydrogen-bond acceptors (Lipinski definition) is 1. The minimum Gasteiger partial charge on any atom is -0.309 e. The summed E-state index contributed by atoms with van der Waals surface area (Å²) in [4.78, 5) is 2.44. The SMILES string of the molecule is CC1(C)c2ccccc2-c2ccc(-c3c4ccccc4c(-c4ccc(N(c5cccc6ccccc56)c5cccc6ccccc56)cc4)c4cc5ccccc5cc34)cc21. The maximum atomic E-state index is 2.48. The lowest BCUT2D eigenvalue weighted by Gasteiger charge is -2.28. The summed E-state index contributed by atoms with van der Waals surface area (Å²) in [6.45, 7) is 4.75. The number of hydrogen-bond donors (Lipinski definition) is 0. The van der Waals surface area contributed by atoms with E-state index >= 15 is 0 Å². The molecule has 0 saturated carbocycles. The van der Waals surface area contributed by atoms with E-state index in [0.717, 1.165) is 17.1 Å². The van der Waals surface area contributed by atoms with Crippen LogP contribution < -0.4 is 4.90 Å². The first-order valence-corrected chi connectivity index (χ1v) is 21.0. The molecule has 0 saturated heterocycles. The molecule has 0 spiro atoms. The first kappa shape index (κ1) is 34.6. The van der Waals surface area contributed by atoms with Gasteiger partial charge in [0.1, 0.15) is 0 Å². The van der Waals surface area contributed by atoms with Gasteiger partial charge >= 0.3 is 0 Å². The van der Waals surface area contributed by atoms with Crippen LogP contribution in [0.5, 0.6) is 0 Å². The molecule has 0 N–H and O–H groups in total. The lowest BCUT2D eigenvalue weighted by atomic mass is 9.80. The van der Waals surface area contributed by atoms with Crippen molar-refractivity contribution in [1.82, 2.24) is 0 Å². The Morgan fingerprint density at radius 3 is 1.37 bits per heavy atom. The summed E-state index contributed by atoms with van der Waals surface area (Å²) in [5.41, 5.74) is 13.8. The van der Waals surface area contributed by atoms with Crippen LogP contribution in [0.2, 0.25) is 0 Å².